The zero-order chi connectivity index (χ0) is 14.7. The van der Waals surface area contributed by atoms with Gasteiger partial charge in [-0.3, -0.25) is 9.59 Å². The first kappa shape index (κ1) is 14.6. The van der Waals surface area contributed by atoms with Crippen LogP contribution in [-0.4, -0.2) is 17.0 Å². The molecule has 2 atom stereocenters. The van der Waals surface area contributed by atoms with Gasteiger partial charge in [0, 0.05) is 10.7 Å². The Labute approximate surface area is 122 Å². The van der Waals surface area contributed by atoms with Crippen LogP contribution in [0.2, 0.25) is 0 Å². The molecule has 0 aliphatic heterocycles. The molecule has 0 saturated carbocycles. The summed E-state index contributed by atoms with van der Waals surface area (Å²) in [6.45, 7) is 1.96. The van der Waals surface area contributed by atoms with Gasteiger partial charge in [0.15, 0.2) is 0 Å². The number of aryl methyl sites for hydroxylation is 1. The van der Waals surface area contributed by atoms with Crippen molar-refractivity contribution in [2.24, 2.45) is 11.8 Å². The van der Waals surface area contributed by atoms with Crippen LogP contribution in [-0.2, 0) is 9.59 Å². The van der Waals surface area contributed by atoms with Crippen LogP contribution in [0.5, 0.6) is 0 Å². The van der Waals surface area contributed by atoms with E-state index in [1.165, 1.54) is 0 Å². The minimum Gasteiger partial charge on any atom is -0.481 e. The minimum absolute atomic E-state index is 0.274. The van der Waals surface area contributed by atoms with Crippen LogP contribution in [0.3, 0.4) is 0 Å². The predicted octanol–water partition coefficient (Wildman–Crippen LogP) is 3.17. The van der Waals surface area contributed by atoms with E-state index in [-0.39, 0.29) is 12.3 Å². The second kappa shape index (κ2) is 6.09. The van der Waals surface area contributed by atoms with E-state index in [4.69, 9.17) is 11.6 Å². The summed E-state index contributed by atoms with van der Waals surface area (Å²) in [6, 6.07) is 7.36. The van der Waals surface area contributed by atoms with Gasteiger partial charge in [0.2, 0.25) is 5.91 Å². The molecule has 5 heteroatoms. The third kappa shape index (κ3) is 3.39. The van der Waals surface area contributed by atoms with E-state index in [2.05, 4.69) is 5.32 Å². The monoisotopic (exact) mass is 293 g/mol. The van der Waals surface area contributed by atoms with Gasteiger partial charge < -0.3 is 10.4 Å². The summed E-state index contributed by atoms with van der Waals surface area (Å²) in [5.41, 5.74) is 1.76. The second-order valence-electron chi connectivity index (χ2n) is 5.00. The number of amides is 1. The molecule has 0 bridgehead atoms. The van der Waals surface area contributed by atoms with E-state index >= 15 is 0 Å². The highest BCUT2D eigenvalue weighted by molar-refractivity contribution is 6.29. The number of carboxylic acid groups (broad SMARTS) is 1. The topological polar surface area (TPSA) is 66.4 Å². The molecule has 0 spiro atoms. The van der Waals surface area contributed by atoms with Crippen LogP contribution in [0.1, 0.15) is 18.4 Å². The number of nitrogens with one attached hydrogen (secondary N) is 1. The molecule has 0 fully saturated rings. The van der Waals surface area contributed by atoms with Crippen LogP contribution in [0.4, 0.5) is 5.69 Å². The first-order valence-corrected chi connectivity index (χ1v) is 6.80. The molecule has 2 rings (SSSR count). The predicted molar refractivity (Wildman–Crippen MR) is 77.6 cm³/mol. The summed E-state index contributed by atoms with van der Waals surface area (Å²) in [6.07, 6.45) is 2.24. The molecule has 1 aliphatic rings. The highest BCUT2D eigenvalue weighted by atomic mass is 35.5. The van der Waals surface area contributed by atoms with Gasteiger partial charge in [0.05, 0.1) is 11.8 Å². The Balaban J connectivity index is 2.12. The number of aliphatic carboxylic acids is 1. The largest absolute Gasteiger partial charge is 0.481 e. The van der Waals surface area contributed by atoms with Crippen molar-refractivity contribution in [1.29, 1.82) is 0 Å². The third-order valence-electron chi connectivity index (χ3n) is 3.47. The van der Waals surface area contributed by atoms with Gasteiger partial charge in [-0.15, -0.1) is 0 Å². The van der Waals surface area contributed by atoms with Crippen LogP contribution >= 0.6 is 11.6 Å². The lowest BCUT2D eigenvalue weighted by molar-refractivity contribution is -0.146. The van der Waals surface area contributed by atoms with Crippen LogP contribution in [0.25, 0.3) is 0 Å². The SMILES string of the molecule is Cc1ccc(NC(=O)[C@@H]2CC(Cl)=CC[C@H]2C(=O)O)cc1. The van der Waals surface area contributed by atoms with Gasteiger partial charge in [-0.25, -0.2) is 0 Å². The van der Waals surface area contributed by atoms with E-state index in [1.807, 2.05) is 19.1 Å². The number of benzene rings is 1. The van der Waals surface area contributed by atoms with Gasteiger partial charge in [0.1, 0.15) is 0 Å². The molecule has 0 heterocycles. The lowest BCUT2D eigenvalue weighted by Crippen LogP contribution is -2.35. The molecule has 20 heavy (non-hydrogen) atoms. The van der Waals surface area contributed by atoms with E-state index in [9.17, 15) is 14.7 Å². The molecule has 2 N–H and O–H groups in total. The smallest absolute Gasteiger partial charge is 0.307 e. The number of carbonyl (C=O) groups excluding carboxylic acids is 1. The molecule has 4 nitrogen and oxygen atoms in total. The van der Waals surface area contributed by atoms with Crippen molar-refractivity contribution in [3.63, 3.8) is 0 Å². The lowest BCUT2D eigenvalue weighted by atomic mass is 9.82. The standard InChI is InChI=1S/C15H16ClNO3/c1-9-2-5-11(6-3-9)17-14(18)13-8-10(16)4-7-12(13)15(19)20/h2-6,12-13H,7-8H2,1H3,(H,17,18)(H,19,20)/t12-,13-/m1/s1. The van der Waals surface area contributed by atoms with E-state index < -0.39 is 17.8 Å². The zero-order valence-electron chi connectivity index (χ0n) is 11.1. The Morgan fingerprint density at radius 2 is 1.90 bits per heavy atom. The molecule has 0 unspecified atom stereocenters. The Morgan fingerprint density at radius 3 is 2.50 bits per heavy atom. The van der Waals surface area contributed by atoms with E-state index in [1.54, 1.807) is 18.2 Å². The Bertz CT molecular complexity index is 551. The van der Waals surface area contributed by atoms with Crippen molar-refractivity contribution in [2.45, 2.75) is 19.8 Å². The zero-order valence-corrected chi connectivity index (χ0v) is 11.9. The highest BCUT2D eigenvalue weighted by Crippen LogP contribution is 2.32. The van der Waals surface area contributed by atoms with Gasteiger partial charge in [0.25, 0.3) is 0 Å². The number of hydrogen-bond acceptors (Lipinski definition) is 2. The van der Waals surface area contributed by atoms with E-state index in [0.717, 1.165) is 5.56 Å². The van der Waals surface area contributed by atoms with Crippen molar-refractivity contribution in [3.8, 4) is 0 Å². The van der Waals surface area contributed by atoms with Crippen molar-refractivity contribution in [3.05, 3.63) is 40.9 Å². The highest BCUT2D eigenvalue weighted by Gasteiger charge is 2.36. The lowest BCUT2D eigenvalue weighted by Gasteiger charge is -2.25. The fourth-order valence-electron chi connectivity index (χ4n) is 2.27. The molecule has 1 aromatic carbocycles. The number of rotatable bonds is 3. The van der Waals surface area contributed by atoms with Crippen LogP contribution in [0.15, 0.2) is 35.4 Å². The van der Waals surface area contributed by atoms with Crippen LogP contribution < -0.4 is 5.32 Å². The van der Waals surface area contributed by atoms with E-state index in [0.29, 0.717) is 17.1 Å². The minimum atomic E-state index is -0.963. The number of carbonyl (C=O) groups is 2. The molecule has 1 amide bonds. The maximum Gasteiger partial charge on any atom is 0.307 e. The normalized spacial score (nSPS) is 22.0. The molecular formula is C15H16ClNO3. The third-order valence-corrected chi connectivity index (χ3v) is 3.78. The summed E-state index contributed by atoms with van der Waals surface area (Å²) >= 11 is 5.94. The molecule has 1 aromatic rings. The molecule has 0 aromatic heterocycles. The van der Waals surface area contributed by atoms with Gasteiger partial charge in [-0.05, 0) is 31.9 Å². The Hall–Kier alpha value is -1.81. The second-order valence-corrected chi connectivity index (χ2v) is 5.48. The first-order chi connectivity index (χ1) is 9.47. The summed E-state index contributed by atoms with van der Waals surface area (Å²) in [4.78, 5) is 23.5. The van der Waals surface area contributed by atoms with Crippen molar-refractivity contribution in [2.75, 3.05) is 5.32 Å². The quantitative estimate of drug-likeness (QED) is 0.899. The van der Waals surface area contributed by atoms with Gasteiger partial charge in [-0.2, -0.15) is 0 Å². The summed E-state index contributed by atoms with van der Waals surface area (Å²) in [5.74, 6) is -2.61. The van der Waals surface area contributed by atoms with Crippen LogP contribution in [0, 0.1) is 18.8 Å². The summed E-state index contributed by atoms with van der Waals surface area (Å²) in [7, 11) is 0. The van der Waals surface area contributed by atoms with Crippen molar-refractivity contribution >= 4 is 29.2 Å². The maximum absolute atomic E-state index is 12.3. The average Bonchev–Trinajstić information content (AvgIpc) is 2.41. The number of allylic oxidation sites excluding steroid dienone is 2. The maximum atomic E-state index is 12.3. The summed E-state index contributed by atoms with van der Waals surface area (Å²) < 4.78 is 0. The molecular weight excluding hydrogens is 278 g/mol. The average molecular weight is 294 g/mol. The number of halogens is 1. The molecule has 0 saturated heterocycles. The molecule has 1 aliphatic carbocycles. The molecule has 0 radical (unpaired) electrons. The van der Waals surface area contributed by atoms with Crippen molar-refractivity contribution in [1.82, 2.24) is 0 Å². The molecule has 106 valence electrons. The Kier molecular flexibility index (Phi) is 4.45. The van der Waals surface area contributed by atoms with Crippen molar-refractivity contribution < 1.29 is 14.7 Å². The van der Waals surface area contributed by atoms with Gasteiger partial charge >= 0.3 is 5.97 Å². The van der Waals surface area contributed by atoms with Gasteiger partial charge in [-0.1, -0.05) is 35.4 Å². The number of carboxylic acids is 1. The summed E-state index contributed by atoms with van der Waals surface area (Å²) in [5, 5.41) is 12.5. The first-order valence-electron chi connectivity index (χ1n) is 6.42. The fourth-order valence-corrected chi connectivity index (χ4v) is 2.53. The number of hydrogen-bond donors (Lipinski definition) is 2. The Morgan fingerprint density at radius 1 is 1.25 bits per heavy atom. The number of anilines is 1. The fraction of sp³-hybridized carbons (Fsp3) is 0.333.